The molecule has 3 aromatic rings. The van der Waals surface area contributed by atoms with Crippen molar-refractivity contribution in [3.05, 3.63) is 65.7 Å². The van der Waals surface area contributed by atoms with Crippen LogP contribution in [0.3, 0.4) is 0 Å². The van der Waals surface area contributed by atoms with E-state index in [-0.39, 0.29) is 12.5 Å². The maximum Gasteiger partial charge on any atom is 0.338 e. The van der Waals surface area contributed by atoms with Gasteiger partial charge in [0.2, 0.25) is 5.91 Å². The van der Waals surface area contributed by atoms with Gasteiger partial charge in [-0.15, -0.1) is 0 Å². The SMILES string of the molecule is COC(=O)c1ccccc1Cn1cc(NC(=O)Cn2nccc2C)cn1. The van der Waals surface area contributed by atoms with E-state index in [0.29, 0.717) is 17.8 Å². The molecule has 8 nitrogen and oxygen atoms in total. The van der Waals surface area contributed by atoms with Crippen molar-refractivity contribution >= 4 is 17.6 Å². The monoisotopic (exact) mass is 353 g/mol. The predicted molar refractivity (Wildman–Crippen MR) is 94.7 cm³/mol. The topological polar surface area (TPSA) is 91.0 Å². The highest BCUT2D eigenvalue weighted by atomic mass is 16.5. The molecule has 0 atom stereocenters. The van der Waals surface area contributed by atoms with Crippen molar-refractivity contribution in [3.8, 4) is 0 Å². The predicted octanol–water partition coefficient (Wildman–Crippen LogP) is 1.86. The van der Waals surface area contributed by atoms with E-state index in [2.05, 4.69) is 15.5 Å². The number of nitrogens with zero attached hydrogens (tertiary/aromatic N) is 4. The summed E-state index contributed by atoms with van der Waals surface area (Å²) >= 11 is 0. The van der Waals surface area contributed by atoms with Crippen molar-refractivity contribution in [1.82, 2.24) is 19.6 Å². The molecule has 0 aliphatic heterocycles. The fraction of sp³-hybridized carbons (Fsp3) is 0.222. The second-order valence-corrected chi connectivity index (χ2v) is 5.75. The van der Waals surface area contributed by atoms with Crippen LogP contribution in [0.25, 0.3) is 0 Å². The van der Waals surface area contributed by atoms with Crippen molar-refractivity contribution in [2.45, 2.75) is 20.0 Å². The van der Waals surface area contributed by atoms with E-state index >= 15 is 0 Å². The summed E-state index contributed by atoms with van der Waals surface area (Å²) in [4.78, 5) is 23.9. The zero-order valence-corrected chi connectivity index (χ0v) is 14.5. The molecule has 0 bridgehead atoms. The third kappa shape index (κ3) is 3.97. The lowest BCUT2D eigenvalue weighted by Gasteiger charge is -2.07. The number of esters is 1. The summed E-state index contributed by atoms with van der Waals surface area (Å²) in [5.41, 5.74) is 2.77. The van der Waals surface area contributed by atoms with Gasteiger partial charge in [-0.3, -0.25) is 14.2 Å². The number of anilines is 1. The smallest absolute Gasteiger partial charge is 0.338 e. The Morgan fingerprint density at radius 2 is 2.00 bits per heavy atom. The van der Waals surface area contributed by atoms with Crippen LogP contribution in [0.2, 0.25) is 0 Å². The van der Waals surface area contributed by atoms with Crippen LogP contribution in [0.1, 0.15) is 21.6 Å². The van der Waals surface area contributed by atoms with Gasteiger partial charge in [0.25, 0.3) is 0 Å². The van der Waals surface area contributed by atoms with Gasteiger partial charge in [-0.2, -0.15) is 10.2 Å². The van der Waals surface area contributed by atoms with Crippen LogP contribution < -0.4 is 5.32 Å². The molecule has 0 spiro atoms. The minimum atomic E-state index is -0.393. The van der Waals surface area contributed by atoms with E-state index in [0.717, 1.165) is 11.3 Å². The minimum absolute atomic E-state index is 0.134. The maximum absolute atomic E-state index is 12.1. The first kappa shape index (κ1) is 17.4. The molecular formula is C18H19N5O3. The van der Waals surface area contributed by atoms with Crippen molar-refractivity contribution in [1.29, 1.82) is 0 Å². The number of methoxy groups -OCH3 is 1. The van der Waals surface area contributed by atoms with E-state index < -0.39 is 5.97 Å². The van der Waals surface area contributed by atoms with E-state index in [1.54, 1.807) is 40.1 Å². The summed E-state index contributed by atoms with van der Waals surface area (Å²) in [5.74, 6) is -0.581. The number of hydrogen-bond acceptors (Lipinski definition) is 5. The number of nitrogens with one attached hydrogen (secondary N) is 1. The summed E-state index contributed by atoms with van der Waals surface area (Å²) < 4.78 is 8.06. The molecule has 2 aromatic heterocycles. The van der Waals surface area contributed by atoms with Crippen LogP contribution in [0.5, 0.6) is 0 Å². The standard InChI is InChI=1S/C18H19N5O3/c1-13-7-8-19-23(13)12-17(24)21-15-9-20-22(11-15)10-14-5-3-4-6-16(14)18(25)26-2/h3-9,11H,10,12H2,1-2H3,(H,21,24). The largest absolute Gasteiger partial charge is 0.465 e. The minimum Gasteiger partial charge on any atom is -0.465 e. The Kier molecular flexibility index (Phi) is 5.12. The van der Waals surface area contributed by atoms with Gasteiger partial charge in [0, 0.05) is 18.1 Å². The Morgan fingerprint density at radius 1 is 1.19 bits per heavy atom. The van der Waals surface area contributed by atoms with Gasteiger partial charge in [-0.05, 0) is 24.6 Å². The Morgan fingerprint density at radius 3 is 2.73 bits per heavy atom. The summed E-state index contributed by atoms with van der Waals surface area (Å²) in [6.07, 6.45) is 4.93. The van der Waals surface area contributed by atoms with Gasteiger partial charge in [0.1, 0.15) is 6.54 Å². The Hall–Kier alpha value is -3.42. The van der Waals surface area contributed by atoms with E-state index in [1.165, 1.54) is 7.11 Å². The molecule has 1 amide bonds. The summed E-state index contributed by atoms with van der Waals surface area (Å²) in [7, 11) is 1.35. The lowest BCUT2D eigenvalue weighted by atomic mass is 10.1. The first-order valence-electron chi connectivity index (χ1n) is 8.04. The van der Waals surface area contributed by atoms with Crippen LogP contribution in [-0.4, -0.2) is 38.5 Å². The van der Waals surface area contributed by atoms with Gasteiger partial charge in [-0.25, -0.2) is 4.79 Å². The molecule has 2 heterocycles. The van der Waals surface area contributed by atoms with Gasteiger partial charge < -0.3 is 10.1 Å². The van der Waals surface area contributed by atoms with Gasteiger partial charge in [-0.1, -0.05) is 18.2 Å². The molecule has 26 heavy (non-hydrogen) atoms. The summed E-state index contributed by atoms with van der Waals surface area (Å²) in [6, 6.07) is 9.01. The number of aryl methyl sites for hydroxylation is 1. The van der Waals surface area contributed by atoms with Crippen molar-refractivity contribution < 1.29 is 14.3 Å². The van der Waals surface area contributed by atoms with Gasteiger partial charge in [0.05, 0.1) is 31.1 Å². The second kappa shape index (κ2) is 7.64. The van der Waals surface area contributed by atoms with E-state index in [1.807, 2.05) is 25.1 Å². The van der Waals surface area contributed by atoms with Crippen LogP contribution >= 0.6 is 0 Å². The number of ether oxygens (including phenoxy) is 1. The van der Waals surface area contributed by atoms with Crippen molar-refractivity contribution in [2.24, 2.45) is 0 Å². The molecule has 134 valence electrons. The molecule has 3 rings (SSSR count). The maximum atomic E-state index is 12.1. The van der Waals surface area contributed by atoms with Crippen molar-refractivity contribution in [3.63, 3.8) is 0 Å². The Bertz CT molecular complexity index is 928. The quantitative estimate of drug-likeness (QED) is 0.683. The number of rotatable bonds is 6. The van der Waals surface area contributed by atoms with Crippen LogP contribution in [0.4, 0.5) is 5.69 Å². The average molecular weight is 353 g/mol. The molecule has 0 aliphatic rings. The van der Waals surface area contributed by atoms with Crippen LogP contribution in [-0.2, 0) is 22.6 Å². The Labute approximate surface area is 150 Å². The molecule has 0 aliphatic carbocycles. The molecule has 0 saturated heterocycles. The normalized spacial score (nSPS) is 10.5. The Balaban J connectivity index is 1.66. The van der Waals surface area contributed by atoms with Crippen molar-refractivity contribution in [2.75, 3.05) is 12.4 Å². The highest BCUT2D eigenvalue weighted by Gasteiger charge is 2.12. The third-order valence-corrected chi connectivity index (χ3v) is 3.89. The zero-order chi connectivity index (χ0) is 18.5. The van der Waals surface area contributed by atoms with E-state index in [4.69, 9.17) is 4.74 Å². The molecule has 0 radical (unpaired) electrons. The number of carbonyl (C=O) groups is 2. The lowest BCUT2D eigenvalue weighted by molar-refractivity contribution is -0.116. The lowest BCUT2D eigenvalue weighted by Crippen LogP contribution is -2.19. The molecule has 1 N–H and O–H groups in total. The fourth-order valence-corrected chi connectivity index (χ4v) is 2.56. The highest BCUT2D eigenvalue weighted by Crippen LogP contribution is 2.13. The number of carbonyl (C=O) groups excluding carboxylic acids is 2. The third-order valence-electron chi connectivity index (χ3n) is 3.89. The number of hydrogen-bond donors (Lipinski definition) is 1. The summed E-state index contributed by atoms with van der Waals surface area (Å²) in [6.45, 7) is 2.41. The molecule has 1 aromatic carbocycles. The average Bonchev–Trinajstić information content (AvgIpc) is 3.24. The second-order valence-electron chi connectivity index (χ2n) is 5.75. The van der Waals surface area contributed by atoms with E-state index in [9.17, 15) is 9.59 Å². The molecular weight excluding hydrogens is 334 g/mol. The number of amides is 1. The first-order chi connectivity index (χ1) is 12.6. The molecule has 8 heteroatoms. The van der Waals surface area contributed by atoms with Crippen LogP contribution in [0.15, 0.2) is 48.9 Å². The molecule has 0 saturated carbocycles. The van der Waals surface area contributed by atoms with Gasteiger partial charge >= 0.3 is 5.97 Å². The highest BCUT2D eigenvalue weighted by molar-refractivity contribution is 5.91. The summed E-state index contributed by atoms with van der Waals surface area (Å²) in [5, 5.41) is 11.1. The number of benzene rings is 1. The first-order valence-corrected chi connectivity index (χ1v) is 8.04. The molecule has 0 fully saturated rings. The molecule has 0 unspecified atom stereocenters. The zero-order valence-electron chi connectivity index (χ0n) is 14.5. The number of aromatic nitrogens is 4. The van der Waals surface area contributed by atoms with Gasteiger partial charge in [0.15, 0.2) is 0 Å². The fourth-order valence-electron chi connectivity index (χ4n) is 2.56. The van der Waals surface area contributed by atoms with Crippen LogP contribution in [0, 0.1) is 6.92 Å².